The lowest BCUT2D eigenvalue weighted by Crippen LogP contribution is -2.52. The number of hydrogen-bond donors (Lipinski definition) is 1. The molecule has 3 amide bonds. The van der Waals surface area contributed by atoms with Crippen LogP contribution in [0.3, 0.4) is 0 Å². The Morgan fingerprint density at radius 3 is 2.46 bits per heavy atom. The molecule has 1 saturated carbocycles. The van der Waals surface area contributed by atoms with Crippen molar-refractivity contribution >= 4 is 50.9 Å². The highest BCUT2D eigenvalue weighted by molar-refractivity contribution is 7.90. The molecule has 8 nitrogen and oxygen atoms in total. The molecule has 2 aromatic rings. The van der Waals surface area contributed by atoms with Gasteiger partial charge >= 0.3 is 0 Å². The van der Waals surface area contributed by atoms with Crippen molar-refractivity contribution < 1.29 is 22.8 Å². The van der Waals surface area contributed by atoms with E-state index in [-0.39, 0.29) is 34.0 Å². The Bertz CT molecular complexity index is 1280. The fourth-order valence-electron chi connectivity index (χ4n) is 4.41. The lowest BCUT2D eigenvalue weighted by atomic mass is 10.1. The monoisotopic (exact) mass is 537 g/mol. The van der Waals surface area contributed by atoms with E-state index >= 15 is 0 Å². The quantitative estimate of drug-likeness (QED) is 0.580. The molecule has 0 saturated heterocycles. The number of halogens is 2. The summed E-state index contributed by atoms with van der Waals surface area (Å²) in [4.78, 5) is 40.4. The van der Waals surface area contributed by atoms with Gasteiger partial charge in [0.1, 0.15) is 17.5 Å². The van der Waals surface area contributed by atoms with E-state index in [9.17, 15) is 22.8 Å². The minimum atomic E-state index is -4.18. The minimum Gasteiger partial charge on any atom is -0.352 e. The van der Waals surface area contributed by atoms with Crippen LogP contribution in [0.5, 0.6) is 0 Å². The van der Waals surface area contributed by atoms with Crippen molar-refractivity contribution in [1.29, 1.82) is 0 Å². The fourth-order valence-corrected chi connectivity index (χ4v) is 6.25. The van der Waals surface area contributed by atoms with Gasteiger partial charge in [-0.15, -0.1) is 0 Å². The van der Waals surface area contributed by atoms with Crippen molar-refractivity contribution in [2.75, 3.05) is 6.54 Å². The first-order chi connectivity index (χ1) is 16.6. The number of benzene rings is 2. The largest absolute Gasteiger partial charge is 0.352 e. The predicted octanol–water partition coefficient (Wildman–Crippen LogP) is 3.61. The molecule has 1 aliphatic heterocycles. The summed E-state index contributed by atoms with van der Waals surface area (Å²) in [5, 5.41) is 3.60. The van der Waals surface area contributed by atoms with E-state index in [1.165, 1.54) is 23.1 Å². The topological polar surface area (TPSA) is 104 Å². The fraction of sp³-hybridized carbons (Fsp3) is 0.375. The van der Waals surface area contributed by atoms with Gasteiger partial charge in [0.15, 0.2) is 0 Å². The van der Waals surface area contributed by atoms with Gasteiger partial charge in [-0.1, -0.05) is 54.2 Å². The predicted molar refractivity (Wildman–Crippen MR) is 132 cm³/mol. The SMILES string of the molecule is C[C@H](C(=O)NC1CCCC1)N(Cc1ccc(Cl)c(Cl)c1)C(=O)CN1C(=O)c2ccccc2S1(=O)=O. The summed E-state index contributed by atoms with van der Waals surface area (Å²) in [5.74, 6) is -1.80. The third-order valence-corrected chi connectivity index (χ3v) is 8.92. The summed E-state index contributed by atoms with van der Waals surface area (Å²) in [6.07, 6.45) is 3.80. The number of amides is 3. The zero-order valence-corrected chi connectivity index (χ0v) is 21.4. The Labute approximate surface area is 214 Å². The van der Waals surface area contributed by atoms with Gasteiger partial charge in [0.2, 0.25) is 11.8 Å². The van der Waals surface area contributed by atoms with Crippen LogP contribution in [0.15, 0.2) is 47.4 Å². The lowest BCUT2D eigenvalue weighted by molar-refractivity contribution is -0.140. The smallest absolute Gasteiger partial charge is 0.269 e. The van der Waals surface area contributed by atoms with Gasteiger partial charge in [0.05, 0.1) is 15.6 Å². The van der Waals surface area contributed by atoms with E-state index in [1.54, 1.807) is 31.2 Å². The van der Waals surface area contributed by atoms with Crippen molar-refractivity contribution in [3.63, 3.8) is 0 Å². The second kappa shape index (κ2) is 10.2. The highest BCUT2D eigenvalue weighted by Gasteiger charge is 2.43. The first-order valence-corrected chi connectivity index (χ1v) is 13.5. The Kier molecular flexibility index (Phi) is 7.40. The van der Waals surface area contributed by atoms with Crippen LogP contribution in [0.2, 0.25) is 10.0 Å². The molecule has 186 valence electrons. The number of carbonyl (C=O) groups is 3. The third kappa shape index (κ3) is 5.17. The Hall–Kier alpha value is -2.62. The van der Waals surface area contributed by atoms with Gasteiger partial charge in [-0.2, -0.15) is 0 Å². The maximum Gasteiger partial charge on any atom is 0.269 e. The molecule has 0 bridgehead atoms. The molecule has 1 N–H and O–H groups in total. The Morgan fingerprint density at radius 1 is 1.11 bits per heavy atom. The van der Waals surface area contributed by atoms with Crippen LogP contribution >= 0.6 is 23.2 Å². The van der Waals surface area contributed by atoms with E-state index < -0.39 is 34.4 Å². The van der Waals surface area contributed by atoms with Crippen LogP contribution < -0.4 is 5.32 Å². The normalized spacial score (nSPS) is 17.8. The summed E-state index contributed by atoms with van der Waals surface area (Å²) in [5.41, 5.74) is 0.621. The number of hydrogen-bond acceptors (Lipinski definition) is 5. The summed E-state index contributed by atoms with van der Waals surface area (Å²) in [7, 11) is -4.18. The third-order valence-electron chi connectivity index (χ3n) is 6.40. The molecule has 2 aliphatic rings. The summed E-state index contributed by atoms with van der Waals surface area (Å²) >= 11 is 12.1. The zero-order valence-electron chi connectivity index (χ0n) is 19.0. The van der Waals surface area contributed by atoms with E-state index in [2.05, 4.69) is 5.32 Å². The highest BCUT2D eigenvalue weighted by atomic mass is 35.5. The first-order valence-electron chi connectivity index (χ1n) is 11.3. The van der Waals surface area contributed by atoms with Gasteiger partial charge < -0.3 is 10.2 Å². The number of carbonyl (C=O) groups excluding carboxylic acids is 3. The molecule has 2 aromatic carbocycles. The van der Waals surface area contributed by atoms with Crippen molar-refractivity contribution in [3.8, 4) is 0 Å². The summed E-state index contributed by atoms with van der Waals surface area (Å²) in [6, 6.07) is 9.77. The van der Waals surface area contributed by atoms with Crippen molar-refractivity contribution in [2.24, 2.45) is 0 Å². The highest BCUT2D eigenvalue weighted by Crippen LogP contribution is 2.30. The average Bonchev–Trinajstić information content (AvgIpc) is 3.40. The lowest BCUT2D eigenvalue weighted by Gasteiger charge is -2.31. The first kappa shape index (κ1) is 25.5. The number of sulfonamides is 1. The zero-order chi connectivity index (χ0) is 25.3. The van der Waals surface area contributed by atoms with Crippen LogP contribution in [0.1, 0.15) is 48.5 Å². The number of nitrogens with zero attached hydrogens (tertiary/aromatic N) is 2. The molecule has 11 heteroatoms. The van der Waals surface area contributed by atoms with E-state index in [1.807, 2.05) is 0 Å². The molecule has 35 heavy (non-hydrogen) atoms. The van der Waals surface area contributed by atoms with E-state index in [0.29, 0.717) is 14.9 Å². The van der Waals surface area contributed by atoms with Crippen LogP contribution in [0.4, 0.5) is 0 Å². The molecule has 0 radical (unpaired) electrons. The molecule has 0 spiro atoms. The van der Waals surface area contributed by atoms with E-state index in [4.69, 9.17) is 23.2 Å². The Morgan fingerprint density at radius 2 is 1.80 bits per heavy atom. The van der Waals surface area contributed by atoms with Gasteiger partial charge in [0.25, 0.3) is 15.9 Å². The summed E-state index contributed by atoms with van der Waals surface area (Å²) < 4.78 is 26.5. The van der Waals surface area contributed by atoms with Crippen LogP contribution in [-0.2, 0) is 26.2 Å². The Balaban J connectivity index is 1.59. The molecule has 1 atom stereocenters. The van der Waals surface area contributed by atoms with Gasteiger partial charge in [-0.3, -0.25) is 14.4 Å². The van der Waals surface area contributed by atoms with Crippen LogP contribution in [-0.4, -0.2) is 54.0 Å². The van der Waals surface area contributed by atoms with Gasteiger partial charge in [0, 0.05) is 12.6 Å². The standard InChI is InChI=1S/C24H25Cl2N3O5S/c1-15(23(31)27-17-6-2-3-7-17)28(13-16-10-11-19(25)20(26)12-16)22(30)14-29-24(32)18-8-4-5-9-21(18)35(29,33)34/h4-5,8-12,15,17H,2-3,6-7,13-14H2,1H3,(H,27,31)/t15-/m1/s1. The van der Waals surface area contributed by atoms with E-state index in [0.717, 1.165) is 25.7 Å². The molecule has 0 unspecified atom stereocenters. The van der Waals surface area contributed by atoms with Gasteiger partial charge in [-0.05, 0) is 49.6 Å². The molecule has 1 aliphatic carbocycles. The van der Waals surface area contributed by atoms with Crippen LogP contribution in [0.25, 0.3) is 0 Å². The molecule has 4 rings (SSSR count). The molecule has 0 aromatic heterocycles. The maximum atomic E-state index is 13.5. The average molecular weight is 538 g/mol. The van der Waals surface area contributed by atoms with Crippen molar-refractivity contribution in [1.82, 2.24) is 14.5 Å². The minimum absolute atomic E-state index is 0.0170. The second-order valence-electron chi connectivity index (χ2n) is 8.75. The molecule has 1 heterocycles. The molecular weight excluding hydrogens is 513 g/mol. The van der Waals surface area contributed by atoms with Gasteiger partial charge in [-0.25, -0.2) is 12.7 Å². The maximum absolute atomic E-state index is 13.5. The van der Waals surface area contributed by atoms with Crippen LogP contribution in [0, 0.1) is 0 Å². The molecule has 1 fully saturated rings. The summed E-state index contributed by atoms with van der Waals surface area (Å²) in [6.45, 7) is 0.830. The number of nitrogens with one attached hydrogen (secondary N) is 1. The number of fused-ring (bicyclic) bond motifs is 1. The van der Waals surface area contributed by atoms with Crippen molar-refractivity contribution in [3.05, 3.63) is 63.6 Å². The molecular formula is C24H25Cl2N3O5S. The number of rotatable bonds is 7. The van der Waals surface area contributed by atoms with Crippen molar-refractivity contribution in [2.45, 2.75) is 56.1 Å². The second-order valence-corrected chi connectivity index (χ2v) is 11.4.